The summed E-state index contributed by atoms with van der Waals surface area (Å²) in [6.45, 7) is 23.4. The lowest BCUT2D eigenvalue weighted by atomic mass is 9.79. The minimum Gasteiger partial charge on any atom is -0.314 e. The minimum atomic E-state index is 0.225. The van der Waals surface area contributed by atoms with Gasteiger partial charge in [-0.2, -0.15) is 0 Å². The summed E-state index contributed by atoms with van der Waals surface area (Å²) in [6.07, 6.45) is 7.44. The van der Waals surface area contributed by atoms with Crippen LogP contribution < -0.4 is 21.3 Å². The molecule has 1 atom stereocenters. The molecule has 2 fully saturated rings. The van der Waals surface area contributed by atoms with Gasteiger partial charge in [0.1, 0.15) is 0 Å². The molecule has 2 aliphatic rings. The summed E-state index contributed by atoms with van der Waals surface area (Å²) >= 11 is 0. The third kappa shape index (κ3) is 8.30. The van der Waals surface area contributed by atoms with Crippen LogP contribution >= 0.6 is 0 Å². The van der Waals surface area contributed by atoms with E-state index in [1.165, 1.54) is 38.5 Å². The average molecular weight is 395 g/mol. The van der Waals surface area contributed by atoms with Gasteiger partial charge in [0.2, 0.25) is 0 Å². The third-order valence-electron chi connectivity index (χ3n) is 6.44. The highest BCUT2D eigenvalue weighted by atomic mass is 15.1. The van der Waals surface area contributed by atoms with Gasteiger partial charge < -0.3 is 21.3 Å². The summed E-state index contributed by atoms with van der Waals surface area (Å²) in [4.78, 5) is 0. The summed E-state index contributed by atoms with van der Waals surface area (Å²) in [5, 5.41) is 15.3. The Balaban J connectivity index is 1.64. The summed E-state index contributed by atoms with van der Waals surface area (Å²) < 4.78 is 0. The van der Waals surface area contributed by atoms with Crippen LogP contribution in [0.25, 0.3) is 0 Å². The van der Waals surface area contributed by atoms with E-state index in [1.807, 2.05) is 0 Å². The molecular formula is C24H50N4. The smallest absolute Gasteiger partial charge is 0.0144 e. The molecule has 166 valence electrons. The Morgan fingerprint density at radius 3 is 1.54 bits per heavy atom. The highest BCUT2D eigenvalue weighted by molar-refractivity contribution is 5.00. The fraction of sp³-hybridized carbons (Fsp3) is 1.00. The highest BCUT2D eigenvalue weighted by Crippen LogP contribution is 2.29. The van der Waals surface area contributed by atoms with Crippen molar-refractivity contribution < 1.29 is 0 Å². The molecule has 0 aromatic heterocycles. The molecule has 2 saturated heterocycles. The maximum Gasteiger partial charge on any atom is 0.0144 e. The first-order valence-electron chi connectivity index (χ1n) is 11.7. The molecule has 4 nitrogen and oxygen atoms in total. The second-order valence-electron chi connectivity index (χ2n) is 12.6. The first kappa shape index (κ1) is 24.1. The van der Waals surface area contributed by atoms with Crippen molar-refractivity contribution in [1.82, 2.24) is 21.3 Å². The molecule has 0 radical (unpaired) electrons. The van der Waals surface area contributed by atoms with E-state index < -0.39 is 0 Å². The quantitative estimate of drug-likeness (QED) is 0.466. The van der Waals surface area contributed by atoms with Crippen molar-refractivity contribution in [2.45, 2.75) is 135 Å². The van der Waals surface area contributed by atoms with E-state index in [1.54, 1.807) is 0 Å². The molecule has 4 heteroatoms. The molecule has 0 bridgehead atoms. The number of hydrogen-bond acceptors (Lipinski definition) is 4. The summed E-state index contributed by atoms with van der Waals surface area (Å²) in [7, 11) is 0. The Bertz CT molecular complexity index is 463. The van der Waals surface area contributed by atoms with Crippen LogP contribution in [0.5, 0.6) is 0 Å². The fourth-order valence-electron chi connectivity index (χ4n) is 6.16. The van der Waals surface area contributed by atoms with Gasteiger partial charge in [-0.3, -0.25) is 0 Å². The van der Waals surface area contributed by atoms with E-state index in [-0.39, 0.29) is 22.2 Å². The molecule has 0 saturated carbocycles. The SMILES string of the molecule is CC(CCCNC1CC(C)(C)NC(C)(C)C1)CNC1CC(C)(C)NC(C)(C)C1. The van der Waals surface area contributed by atoms with Crippen LogP contribution in [0.4, 0.5) is 0 Å². The molecule has 0 amide bonds. The topological polar surface area (TPSA) is 48.1 Å². The molecule has 2 aliphatic heterocycles. The Labute approximate surface area is 175 Å². The van der Waals surface area contributed by atoms with E-state index in [9.17, 15) is 0 Å². The van der Waals surface area contributed by atoms with Gasteiger partial charge in [-0.05, 0) is 113 Å². The van der Waals surface area contributed by atoms with Crippen molar-refractivity contribution >= 4 is 0 Å². The molecule has 0 aliphatic carbocycles. The number of nitrogens with one attached hydrogen (secondary N) is 4. The van der Waals surface area contributed by atoms with Gasteiger partial charge in [-0.1, -0.05) is 6.92 Å². The first-order chi connectivity index (χ1) is 12.7. The predicted molar refractivity (Wildman–Crippen MR) is 123 cm³/mol. The van der Waals surface area contributed by atoms with E-state index >= 15 is 0 Å². The molecule has 28 heavy (non-hydrogen) atoms. The Morgan fingerprint density at radius 1 is 0.714 bits per heavy atom. The predicted octanol–water partition coefficient (Wildman–Crippen LogP) is 4.20. The lowest BCUT2D eigenvalue weighted by molar-refractivity contribution is 0.143. The standard InChI is InChI=1S/C24H50N4/c1-18(17-26-20-15-23(6,7)28-24(8,9)16-20)11-10-12-25-19-13-21(2,3)27-22(4,5)14-19/h18-20,25-28H,10-17H2,1-9H3. The number of piperidine rings is 2. The van der Waals surface area contributed by atoms with Crippen LogP contribution in [0.1, 0.15) is 101 Å². The number of hydrogen-bond donors (Lipinski definition) is 4. The van der Waals surface area contributed by atoms with Gasteiger partial charge in [-0.25, -0.2) is 0 Å². The van der Waals surface area contributed by atoms with Gasteiger partial charge in [0.15, 0.2) is 0 Å². The van der Waals surface area contributed by atoms with Crippen LogP contribution in [0.2, 0.25) is 0 Å². The van der Waals surface area contributed by atoms with Crippen LogP contribution in [0.15, 0.2) is 0 Å². The zero-order valence-electron chi connectivity index (χ0n) is 20.4. The Morgan fingerprint density at radius 2 is 1.11 bits per heavy atom. The van der Waals surface area contributed by atoms with Gasteiger partial charge in [0, 0.05) is 34.2 Å². The molecular weight excluding hydrogens is 344 g/mol. The van der Waals surface area contributed by atoms with Crippen molar-refractivity contribution in [3.05, 3.63) is 0 Å². The molecule has 0 aromatic rings. The third-order valence-corrected chi connectivity index (χ3v) is 6.44. The minimum absolute atomic E-state index is 0.225. The fourth-order valence-corrected chi connectivity index (χ4v) is 6.16. The maximum absolute atomic E-state index is 3.88. The van der Waals surface area contributed by atoms with Gasteiger partial charge in [0.25, 0.3) is 0 Å². The summed E-state index contributed by atoms with van der Waals surface area (Å²) in [6, 6.07) is 1.27. The molecule has 1 unspecified atom stereocenters. The summed E-state index contributed by atoms with van der Waals surface area (Å²) in [5.74, 6) is 0.740. The lowest BCUT2D eigenvalue weighted by Gasteiger charge is -2.47. The normalized spacial score (nSPS) is 28.2. The van der Waals surface area contributed by atoms with Crippen molar-refractivity contribution in [2.24, 2.45) is 5.92 Å². The molecule has 2 heterocycles. The van der Waals surface area contributed by atoms with Crippen LogP contribution in [0, 0.1) is 5.92 Å². The van der Waals surface area contributed by atoms with E-state index in [4.69, 9.17) is 0 Å². The zero-order chi connectivity index (χ0) is 21.2. The van der Waals surface area contributed by atoms with E-state index in [0.29, 0.717) is 12.1 Å². The van der Waals surface area contributed by atoms with Gasteiger partial charge in [0.05, 0.1) is 0 Å². The highest BCUT2D eigenvalue weighted by Gasteiger charge is 2.38. The van der Waals surface area contributed by atoms with Gasteiger partial charge >= 0.3 is 0 Å². The second-order valence-corrected chi connectivity index (χ2v) is 12.6. The average Bonchev–Trinajstić information content (AvgIpc) is 2.43. The Kier molecular flexibility index (Phi) is 7.68. The first-order valence-corrected chi connectivity index (χ1v) is 11.7. The van der Waals surface area contributed by atoms with E-state index in [2.05, 4.69) is 83.6 Å². The van der Waals surface area contributed by atoms with Crippen LogP contribution in [-0.2, 0) is 0 Å². The molecule has 0 aromatic carbocycles. The maximum atomic E-state index is 3.88. The van der Waals surface area contributed by atoms with Crippen molar-refractivity contribution in [3.63, 3.8) is 0 Å². The van der Waals surface area contributed by atoms with Crippen LogP contribution in [0.3, 0.4) is 0 Å². The zero-order valence-corrected chi connectivity index (χ0v) is 20.4. The molecule has 0 spiro atoms. The van der Waals surface area contributed by atoms with E-state index in [0.717, 1.165) is 19.0 Å². The van der Waals surface area contributed by atoms with Crippen molar-refractivity contribution in [1.29, 1.82) is 0 Å². The Hall–Kier alpha value is -0.160. The molecule has 4 N–H and O–H groups in total. The second kappa shape index (κ2) is 8.91. The van der Waals surface area contributed by atoms with Gasteiger partial charge in [-0.15, -0.1) is 0 Å². The largest absolute Gasteiger partial charge is 0.314 e. The van der Waals surface area contributed by atoms with Crippen LogP contribution in [-0.4, -0.2) is 47.3 Å². The van der Waals surface area contributed by atoms with Crippen molar-refractivity contribution in [3.8, 4) is 0 Å². The molecule has 2 rings (SSSR count). The lowest BCUT2D eigenvalue weighted by Crippen LogP contribution is -2.61. The number of rotatable bonds is 8. The van der Waals surface area contributed by atoms with Crippen molar-refractivity contribution in [2.75, 3.05) is 13.1 Å². The summed E-state index contributed by atoms with van der Waals surface area (Å²) in [5.41, 5.74) is 0.909. The monoisotopic (exact) mass is 394 g/mol.